The minimum atomic E-state index is -4.74. The molecule has 10 heteroatoms. The Kier molecular flexibility index (Phi) is 5.61. The van der Waals surface area contributed by atoms with Crippen molar-refractivity contribution in [2.24, 2.45) is 4.99 Å². The molecule has 0 spiro atoms. The van der Waals surface area contributed by atoms with Crippen molar-refractivity contribution in [3.63, 3.8) is 0 Å². The van der Waals surface area contributed by atoms with E-state index in [1.54, 1.807) is 13.0 Å². The number of rotatable bonds is 5. The molecule has 1 aromatic heterocycles. The summed E-state index contributed by atoms with van der Waals surface area (Å²) in [7, 11) is 1.53. The van der Waals surface area contributed by atoms with Crippen molar-refractivity contribution in [1.82, 2.24) is 20.8 Å². The minimum absolute atomic E-state index is 0.0921. The number of nitrogens with one attached hydrogen (secondary N) is 2. The van der Waals surface area contributed by atoms with Crippen molar-refractivity contribution in [2.75, 3.05) is 7.05 Å². The molecule has 1 aromatic carbocycles. The average Bonchev–Trinajstić information content (AvgIpc) is 2.93. The minimum Gasteiger partial charge on any atom is -0.405 e. The normalized spacial score (nSPS) is 12.1. The van der Waals surface area contributed by atoms with Crippen LogP contribution in [0.1, 0.15) is 17.3 Å². The van der Waals surface area contributed by atoms with Crippen LogP contribution in [0.5, 0.6) is 5.75 Å². The number of halogens is 3. The van der Waals surface area contributed by atoms with Gasteiger partial charge in [0.05, 0.1) is 6.54 Å². The van der Waals surface area contributed by atoms with Crippen LogP contribution in [0.2, 0.25) is 0 Å². The Morgan fingerprint density at radius 2 is 1.96 bits per heavy atom. The molecule has 0 fully saturated rings. The fourth-order valence-corrected chi connectivity index (χ4v) is 1.84. The quantitative estimate of drug-likeness (QED) is 0.639. The van der Waals surface area contributed by atoms with Gasteiger partial charge in [-0.25, -0.2) is 0 Å². The van der Waals surface area contributed by atoms with E-state index in [0.717, 1.165) is 0 Å². The fraction of sp³-hybridized carbons (Fsp3) is 0.357. The number of aliphatic imine (C=N–C) groups is 1. The van der Waals surface area contributed by atoms with Gasteiger partial charge in [0.15, 0.2) is 11.8 Å². The van der Waals surface area contributed by atoms with E-state index < -0.39 is 6.36 Å². The molecule has 0 aliphatic rings. The van der Waals surface area contributed by atoms with Crippen LogP contribution in [-0.2, 0) is 13.1 Å². The second-order valence-electron chi connectivity index (χ2n) is 4.67. The number of aryl methyl sites for hydroxylation is 1. The van der Waals surface area contributed by atoms with Gasteiger partial charge in [0.2, 0.25) is 5.89 Å². The molecule has 0 saturated heterocycles. The van der Waals surface area contributed by atoms with E-state index in [4.69, 9.17) is 4.52 Å². The lowest BCUT2D eigenvalue weighted by atomic mass is 10.2. The fourth-order valence-electron chi connectivity index (χ4n) is 1.84. The highest BCUT2D eigenvalue weighted by Gasteiger charge is 2.31. The second-order valence-corrected chi connectivity index (χ2v) is 4.67. The number of hydrogen-bond donors (Lipinski definition) is 2. The molecule has 0 aliphatic heterocycles. The third kappa shape index (κ3) is 5.45. The molecule has 24 heavy (non-hydrogen) atoms. The molecule has 2 rings (SSSR count). The first-order chi connectivity index (χ1) is 11.4. The Bertz CT molecular complexity index is 700. The third-order valence-electron chi connectivity index (χ3n) is 2.84. The molecule has 0 radical (unpaired) electrons. The van der Waals surface area contributed by atoms with Crippen molar-refractivity contribution in [2.45, 2.75) is 26.4 Å². The van der Waals surface area contributed by atoms with Crippen LogP contribution in [0.25, 0.3) is 0 Å². The number of benzene rings is 1. The highest BCUT2D eigenvalue weighted by atomic mass is 19.4. The van der Waals surface area contributed by atoms with Crippen LogP contribution in [0.3, 0.4) is 0 Å². The summed E-state index contributed by atoms with van der Waals surface area (Å²) >= 11 is 0. The summed E-state index contributed by atoms with van der Waals surface area (Å²) in [5.41, 5.74) is 0.339. The second kappa shape index (κ2) is 7.66. The van der Waals surface area contributed by atoms with Gasteiger partial charge in [-0.2, -0.15) is 4.98 Å². The monoisotopic (exact) mass is 343 g/mol. The summed E-state index contributed by atoms with van der Waals surface area (Å²) in [5.74, 6) is 0.984. The summed E-state index contributed by atoms with van der Waals surface area (Å²) in [5, 5.41) is 9.46. The van der Waals surface area contributed by atoms with Gasteiger partial charge in [0.25, 0.3) is 0 Å². The molecule has 7 nitrogen and oxygen atoms in total. The summed E-state index contributed by atoms with van der Waals surface area (Å²) < 4.78 is 46.1. The Morgan fingerprint density at radius 1 is 1.25 bits per heavy atom. The molecule has 2 N–H and O–H groups in total. The lowest BCUT2D eigenvalue weighted by molar-refractivity contribution is -0.274. The first kappa shape index (κ1) is 17.6. The largest absolute Gasteiger partial charge is 0.573 e. The van der Waals surface area contributed by atoms with E-state index in [1.807, 2.05) is 0 Å². The molecule has 0 saturated carbocycles. The van der Waals surface area contributed by atoms with Gasteiger partial charge in [-0.1, -0.05) is 23.4 Å². The third-order valence-corrected chi connectivity index (χ3v) is 2.84. The van der Waals surface area contributed by atoms with Gasteiger partial charge in [-0.3, -0.25) is 4.99 Å². The van der Waals surface area contributed by atoms with E-state index in [-0.39, 0.29) is 18.8 Å². The number of aromatic nitrogens is 2. The Morgan fingerprint density at radius 3 is 2.58 bits per heavy atom. The summed E-state index contributed by atoms with van der Waals surface area (Å²) in [6, 6.07) is 5.87. The molecule has 0 unspecified atom stereocenters. The predicted molar refractivity (Wildman–Crippen MR) is 79.2 cm³/mol. The maximum absolute atomic E-state index is 12.4. The van der Waals surface area contributed by atoms with Crippen molar-refractivity contribution >= 4 is 5.96 Å². The number of hydrogen-bond acceptors (Lipinski definition) is 5. The molecular weight excluding hydrogens is 327 g/mol. The Labute approximate surface area is 135 Å². The maximum Gasteiger partial charge on any atom is 0.573 e. The van der Waals surface area contributed by atoms with Gasteiger partial charge in [0, 0.05) is 19.2 Å². The first-order valence-electron chi connectivity index (χ1n) is 6.95. The van der Waals surface area contributed by atoms with Gasteiger partial charge < -0.3 is 19.9 Å². The van der Waals surface area contributed by atoms with Gasteiger partial charge in [0.1, 0.15) is 5.75 Å². The maximum atomic E-state index is 12.4. The molecule has 0 aliphatic carbocycles. The average molecular weight is 343 g/mol. The lowest BCUT2D eigenvalue weighted by Gasteiger charge is -2.15. The zero-order valence-electron chi connectivity index (χ0n) is 13.0. The van der Waals surface area contributed by atoms with Crippen molar-refractivity contribution < 1.29 is 22.4 Å². The van der Waals surface area contributed by atoms with E-state index in [2.05, 4.69) is 30.5 Å². The van der Waals surface area contributed by atoms with Crippen molar-refractivity contribution in [3.8, 4) is 5.75 Å². The van der Waals surface area contributed by atoms with Gasteiger partial charge in [-0.15, -0.1) is 13.2 Å². The first-order valence-corrected chi connectivity index (χ1v) is 6.95. The number of nitrogens with zero attached hydrogens (tertiary/aromatic N) is 3. The van der Waals surface area contributed by atoms with E-state index in [1.165, 1.54) is 25.2 Å². The standard InChI is InChI=1S/C14H16F3N5O2/c1-9-21-12(24-22-9)8-20-13(18-2)19-7-10-5-3-4-6-11(10)23-14(15,16)17/h3-6H,7-8H2,1-2H3,(H2,18,19,20). The topological polar surface area (TPSA) is 84.6 Å². The molecule has 2 aromatic rings. The Balaban J connectivity index is 1.93. The number of ether oxygens (including phenoxy) is 1. The number of alkyl halides is 3. The van der Waals surface area contributed by atoms with E-state index >= 15 is 0 Å². The van der Waals surface area contributed by atoms with Gasteiger partial charge >= 0.3 is 6.36 Å². The van der Waals surface area contributed by atoms with Crippen molar-refractivity contribution in [1.29, 1.82) is 0 Å². The van der Waals surface area contributed by atoms with E-state index in [9.17, 15) is 13.2 Å². The zero-order chi connectivity index (χ0) is 17.6. The zero-order valence-corrected chi connectivity index (χ0v) is 13.0. The van der Waals surface area contributed by atoms with Crippen molar-refractivity contribution in [3.05, 3.63) is 41.5 Å². The molecular formula is C14H16F3N5O2. The summed E-state index contributed by atoms with van der Waals surface area (Å²) in [4.78, 5) is 7.99. The smallest absolute Gasteiger partial charge is 0.405 e. The lowest BCUT2D eigenvalue weighted by Crippen LogP contribution is -2.36. The Hall–Kier alpha value is -2.78. The highest BCUT2D eigenvalue weighted by molar-refractivity contribution is 5.79. The van der Waals surface area contributed by atoms with Crippen LogP contribution >= 0.6 is 0 Å². The van der Waals surface area contributed by atoms with Gasteiger partial charge in [-0.05, 0) is 13.0 Å². The van der Waals surface area contributed by atoms with Crippen LogP contribution < -0.4 is 15.4 Å². The van der Waals surface area contributed by atoms with Crippen LogP contribution in [0.4, 0.5) is 13.2 Å². The number of para-hydroxylation sites is 1. The summed E-state index contributed by atoms with van der Waals surface area (Å²) in [6.45, 7) is 2.02. The number of guanidine groups is 1. The van der Waals surface area contributed by atoms with Crippen LogP contribution in [0, 0.1) is 6.92 Å². The predicted octanol–water partition coefficient (Wildman–Crippen LogP) is 2.14. The molecule has 0 bridgehead atoms. The van der Waals surface area contributed by atoms with Crippen LogP contribution in [-0.4, -0.2) is 29.5 Å². The molecule has 130 valence electrons. The van der Waals surface area contributed by atoms with E-state index in [0.29, 0.717) is 23.2 Å². The SMILES string of the molecule is CN=C(NCc1nc(C)no1)NCc1ccccc1OC(F)(F)F. The van der Waals surface area contributed by atoms with Crippen LogP contribution in [0.15, 0.2) is 33.8 Å². The molecule has 0 atom stereocenters. The molecule has 1 heterocycles. The highest BCUT2D eigenvalue weighted by Crippen LogP contribution is 2.25. The summed E-state index contributed by atoms with van der Waals surface area (Å²) in [6.07, 6.45) is -4.74. The molecule has 0 amide bonds.